The minimum Gasteiger partial charge on any atom is -0.478 e. The van der Waals surface area contributed by atoms with E-state index in [1.807, 2.05) is 0 Å². The van der Waals surface area contributed by atoms with Gasteiger partial charge in [-0.15, -0.1) is 0 Å². The number of anilines is 1. The van der Waals surface area contributed by atoms with Crippen LogP contribution in [0.4, 0.5) is 11.4 Å². The van der Waals surface area contributed by atoms with Crippen LogP contribution >= 0.6 is 11.6 Å². The van der Waals surface area contributed by atoms with Gasteiger partial charge in [-0.05, 0) is 29.8 Å². The van der Waals surface area contributed by atoms with E-state index in [1.54, 1.807) is 6.07 Å². The first-order valence-corrected chi connectivity index (χ1v) is 7.01. The number of nitro benzene ring substituents is 1. The molecule has 1 amide bonds. The second-order valence-corrected chi connectivity index (χ2v) is 5.11. The summed E-state index contributed by atoms with van der Waals surface area (Å²) in [7, 11) is 0. The molecule has 0 aliphatic rings. The van der Waals surface area contributed by atoms with Crippen molar-refractivity contribution in [2.45, 2.75) is 0 Å². The molecule has 0 atom stereocenters. The van der Waals surface area contributed by atoms with Crippen LogP contribution in [0.25, 0.3) is 6.08 Å². The summed E-state index contributed by atoms with van der Waals surface area (Å²) >= 11 is 5.73. The molecule has 8 heteroatoms. The third-order valence-electron chi connectivity index (χ3n) is 2.98. The van der Waals surface area contributed by atoms with E-state index in [-0.39, 0.29) is 22.0 Å². The quantitative estimate of drug-likeness (QED) is 0.488. The van der Waals surface area contributed by atoms with Crippen LogP contribution in [0.1, 0.15) is 15.9 Å². The minimum atomic E-state index is -1.23. The number of halogens is 1. The molecule has 0 heterocycles. The number of carboxylic acids is 1. The summed E-state index contributed by atoms with van der Waals surface area (Å²) in [5, 5.41) is 22.5. The molecule has 0 bridgehead atoms. The Labute approximate surface area is 141 Å². The number of hydrogen-bond donors (Lipinski definition) is 2. The van der Waals surface area contributed by atoms with Crippen molar-refractivity contribution >= 4 is 40.9 Å². The molecular formula is C16H11ClN2O5. The number of carbonyl (C=O) groups excluding carboxylic acids is 1. The number of nitrogens with zero attached hydrogens (tertiary/aromatic N) is 1. The minimum absolute atomic E-state index is 0.0941. The maximum absolute atomic E-state index is 11.9. The van der Waals surface area contributed by atoms with Gasteiger partial charge in [0.2, 0.25) is 5.91 Å². The maximum atomic E-state index is 11.9. The van der Waals surface area contributed by atoms with Crippen molar-refractivity contribution in [1.29, 1.82) is 0 Å². The van der Waals surface area contributed by atoms with Gasteiger partial charge in [0, 0.05) is 23.2 Å². The highest BCUT2D eigenvalue weighted by Crippen LogP contribution is 2.21. The number of rotatable bonds is 5. The standard InChI is InChI=1S/C16H11ClN2O5/c17-11-5-6-14(13(9-11)16(21)22)18-15(20)7-4-10-2-1-3-12(8-10)19(23)24/h1-9H,(H,18,20)(H,21,22). The lowest BCUT2D eigenvalue weighted by atomic mass is 10.1. The highest BCUT2D eigenvalue weighted by Gasteiger charge is 2.12. The third-order valence-corrected chi connectivity index (χ3v) is 3.21. The summed E-state index contributed by atoms with van der Waals surface area (Å²) in [5.74, 6) is -1.80. The molecule has 2 N–H and O–H groups in total. The van der Waals surface area contributed by atoms with E-state index in [9.17, 15) is 19.7 Å². The first-order chi connectivity index (χ1) is 11.4. The van der Waals surface area contributed by atoms with Crippen LogP contribution in [0, 0.1) is 10.1 Å². The van der Waals surface area contributed by atoms with Crippen LogP contribution in [-0.2, 0) is 4.79 Å². The Morgan fingerprint density at radius 2 is 1.96 bits per heavy atom. The first kappa shape index (κ1) is 17.2. The molecular weight excluding hydrogens is 336 g/mol. The van der Waals surface area contributed by atoms with Gasteiger partial charge in [-0.1, -0.05) is 23.7 Å². The number of non-ortho nitro benzene ring substituents is 1. The number of nitro groups is 1. The molecule has 0 aliphatic heterocycles. The number of aromatic carboxylic acids is 1. The van der Waals surface area contributed by atoms with Crippen molar-refractivity contribution < 1.29 is 19.6 Å². The zero-order valence-electron chi connectivity index (χ0n) is 12.1. The van der Waals surface area contributed by atoms with E-state index in [0.29, 0.717) is 5.56 Å². The van der Waals surface area contributed by atoms with Gasteiger partial charge in [0.1, 0.15) is 0 Å². The number of amides is 1. The second-order valence-electron chi connectivity index (χ2n) is 4.67. The molecule has 7 nitrogen and oxygen atoms in total. The molecule has 0 saturated carbocycles. The summed E-state index contributed by atoms with van der Waals surface area (Å²) in [6, 6.07) is 9.81. The predicted octanol–water partition coefficient (Wildman–Crippen LogP) is 3.60. The number of nitrogens with one attached hydrogen (secondary N) is 1. The van der Waals surface area contributed by atoms with Crippen LogP contribution in [0.2, 0.25) is 5.02 Å². The molecule has 0 radical (unpaired) electrons. The van der Waals surface area contributed by atoms with E-state index in [1.165, 1.54) is 42.5 Å². The summed E-state index contributed by atoms with van der Waals surface area (Å²) < 4.78 is 0. The van der Waals surface area contributed by atoms with E-state index < -0.39 is 16.8 Å². The normalized spacial score (nSPS) is 10.5. The number of carbonyl (C=O) groups is 2. The average Bonchev–Trinajstić information content (AvgIpc) is 2.54. The van der Waals surface area contributed by atoms with Crippen LogP contribution in [-0.4, -0.2) is 21.9 Å². The van der Waals surface area contributed by atoms with Gasteiger partial charge in [0.15, 0.2) is 0 Å². The Hall–Kier alpha value is -3.19. The lowest BCUT2D eigenvalue weighted by Crippen LogP contribution is -2.12. The van der Waals surface area contributed by atoms with Gasteiger partial charge < -0.3 is 10.4 Å². The van der Waals surface area contributed by atoms with E-state index >= 15 is 0 Å². The largest absolute Gasteiger partial charge is 0.478 e. The van der Waals surface area contributed by atoms with Crippen molar-refractivity contribution in [3.63, 3.8) is 0 Å². The Morgan fingerprint density at radius 1 is 1.21 bits per heavy atom. The van der Waals surface area contributed by atoms with Crippen molar-refractivity contribution in [3.05, 3.63) is 74.8 Å². The molecule has 2 aromatic carbocycles. The average molecular weight is 347 g/mol. The molecule has 24 heavy (non-hydrogen) atoms. The number of hydrogen-bond acceptors (Lipinski definition) is 4. The summed E-state index contributed by atoms with van der Waals surface area (Å²) in [5.41, 5.74) is 0.331. The number of carboxylic acid groups (broad SMARTS) is 1. The predicted molar refractivity (Wildman–Crippen MR) is 89.2 cm³/mol. The fourth-order valence-electron chi connectivity index (χ4n) is 1.89. The highest BCUT2D eigenvalue weighted by molar-refractivity contribution is 6.31. The molecule has 0 unspecified atom stereocenters. The van der Waals surface area contributed by atoms with Gasteiger partial charge in [-0.2, -0.15) is 0 Å². The van der Waals surface area contributed by atoms with Crippen molar-refractivity contribution in [2.24, 2.45) is 0 Å². The lowest BCUT2D eigenvalue weighted by molar-refractivity contribution is -0.384. The van der Waals surface area contributed by atoms with Gasteiger partial charge >= 0.3 is 5.97 Å². The van der Waals surface area contributed by atoms with Crippen molar-refractivity contribution in [2.75, 3.05) is 5.32 Å². The lowest BCUT2D eigenvalue weighted by Gasteiger charge is -2.06. The molecule has 0 fully saturated rings. The molecule has 0 aliphatic carbocycles. The summed E-state index contributed by atoms with van der Waals surface area (Å²) in [6.45, 7) is 0. The Bertz CT molecular complexity index is 848. The fraction of sp³-hybridized carbons (Fsp3) is 0. The molecule has 2 rings (SSSR count). The molecule has 122 valence electrons. The van der Waals surface area contributed by atoms with Crippen LogP contribution < -0.4 is 5.32 Å². The number of benzene rings is 2. The van der Waals surface area contributed by atoms with Gasteiger partial charge in [0.05, 0.1) is 16.2 Å². The van der Waals surface area contributed by atoms with Crippen LogP contribution in [0.15, 0.2) is 48.5 Å². The smallest absolute Gasteiger partial charge is 0.337 e. The SMILES string of the molecule is O=C(C=Cc1cccc([N+](=O)[O-])c1)Nc1ccc(Cl)cc1C(=O)O. The second kappa shape index (κ2) is 7.38. The van der Waals surface area contributed by atoms with Gasteiger partial charge in [-0.25, -0.2) is 4.79 Å². The monoisotopic (exact) mass is 346 g/mol. The Morgan fingerprint density at radius 3 is 2.62 bits per heavy atom. The molecule has 0 saturated heterocycles. The van der Waals surface area contributed by atoms with E-state index in [2.05, 4.69) is 5.32 Å². The van der Waals surface area contributed by atoms with Gasteiger partial charge in [0.25, 0.3) is 5.69 Å². The third kappa shape index (κ3) is 4.40. The molecule has 0 aromatic heterocycles. The highest BCUT2D eigenvalue weighted by atomic mass is 35.5. The zero-order chi connectivity index (χ0) is 17.7. The molecule has 0 spiro atoms. The Kier molecular flexibility index (Phi) is 5.28. The fourth-order valence-corrected chi connectivity index (χ4v) is 2.06. The first-order valence-electron chi connectivity index (χ1n) is 6.63. The molecule has 2 aromatic rings. The summed E-state index contributed by atoms with van der Waals surface area (Å²) in [4.78, 5) is 33.2. The van der Waals surface area contributed by atoms with Crippen LogP contribution in [0.3, 0.4) is 0 Å². The Balaban J connectivity index is 2.15. The van der Waals surface area contributed by atoms with Gasteiger partial charge in [-0.3, -0.25) is 14.9 Å². The van der Waals surface area contributed by atoms with Crippen LogP contribution in [0.5, 0.6) is 0 Å². The van der Waals surface area contributed by atoms with E-state index in [4.69, 9.17) is 16.7 Å². The summed E-state index contributed by atoms with van der Waals surface area (Å²) in [6.07, 6.45) is 2.54. The van der Waals surface area contributed by atoms with Crippen molar-refractivity contribution in [3.8, 4) is 0 Å². The topological polar surface area (TPSA) is 110 Å². The van der Waals surface area contributed by atoms with Crippen molar-refractivity contribution in [1.82, 2.24) is 0 Å². The van der Waals surface area contributed by atoms with E-state index in [0.717, 1.165) is 6.08 Å². The maximum Gasteiger partial charge on any atom is 0.337 e. The zero-order valence-corrected chi connectivity index (χ0v) is 12.9.